The predicted molar refractivity (Wildman–Crippen MR) is 84.7 cm³/mol. The van der Waals surface area contributed by atoms with E-state index in [1.165, 1.54) is 18.2 Å². The molecule has 5 nitrogen and oxygen atoms in total. The highest BCUT2D eigenvalue weighted by Crippen LogP contribution is 2.41. The number of nitro groups is 1. The summed E-state index contributed by atoms with van der Waals surface area (Å²) in [4.78, 5) is 10.5. The molecule has 0 saturated heterocycles. The molecule has 0 spiro atoms. The second-order valence-corrected chi connectivity index (χ2v) is 5.92. The van der Waals surface area contributed by atoms with Crippen LogP contribution in [0, 0.1) is 25.3 Å². The van der Waals surface area contributed by atoms with Gasteiger partial charge in [-0.2, -0.15) is 0 Å². The molecule has 1 heterocycles. The molecule has 0 aromatic heterocycles. The quantitative estimate of drug-likeness (QED) is 0.462. The lowest BCUT2D eigenvalue weighted by atomic mass is 10.1. The Kier molecular flexibility index (Phi) is 3.85. The van der Waals surface area contributed by atoms with Gasteiger partial charge >= 0.3 is 0 Å². The first kappa shape index (κ1) is 14.9. The highest BCUT2D eigenvalue weighted by molar-refractivity contribution is 14.1. The van der Waals surface area contributed by atoms with Gasteiger partial charge in [0.1, 0.15) is 5.82 Å². The Hall–Kier alpha value is -1.97. The Balaban J connectivity index is 2.11. The molecule has 1 aliphatic rings. The van der Waals surface area contributed by atoms with Gasteiger partial charge in [-0.25, -0.2) is 8.78 Å². The highest BCUT2D eigenvalue weighted by atomic mass is 127. The number of anilines is 2. The van der Waals surface area contributed by atoms with Crippen LogP contribution in [0.15, 0.2) is 24.3 Å². The van der Waals surface area contributed by atoms with Crippen LogP contribution >= 0.6 is 22.6 Å². The van der Waals surface area contributed by atoms with E-state index in [4.69, 9.17) is 4.74 Å². The van der Waals surface area contributed by atoms with E-state index < -0.39 is 27.9 Å². The maximum Gasteiger partial charge on any atom is 0.296 e. The number of hydrogen-bond donors (Lipinski definition) is 1. The Bertz CT molecular complexity index is 783. The maximum absolute atomic E-state index is 14.5. The van der Waals surface area contributed by atoms with E-state index >= 15 is 0 Å². The first-order chi connectivity index (χ1) is 10.5. The second kappa shape index (κ2) is 5.67. The SMILES string of the molecule is O=[N+]([O-])c1cc2c(c(F)c1Nc1ccc(I)cc1F)OCC2. The lowest BCUT2D eigenvalue weighted by Crippen LogP contribution is -2.03. The predicted octanol–water partition coefficient (Wildman–Crippen LogP) is 4.16. The normalized spacial score (nSPS) is 12.7. The molecule has 0 bridgehead atoms. The third-order valence-corrected chi connectivity index (χ3v) is 3.95. The Labute approximate surface area is 137 Å². The van der Waals surface area contributed by atoms with Gasteiger partial charge in [-0.05, 0) is 40.8 Å². The number of halogens is 3. The number of fused-ring (bicyclic) bond motifs is 1. The van der Waals surface area contributed by atoms with Crippen LogP contribution in [-0.4, -0.2) is 11.5 Å². The lowest BCUT2D eigenvalue weighted by molar-refractivity contribution is -0.384. The number of nitro benzene ring substituents is 1. The van der Waals surface area contributed by atoms with Crippen molar-refractivity contribution in [3.63, 3.8) is 0 Å². The fourth-order valence-corrected chi connectivity index (χ4v) is 2.72. The first-order valence-electron chi connectivity index (χ1n) is 6.32. The van der Waals surface area contributed by atoms with E-state index in [0.29, 0.717) is 15.6 Å². The van der Waals surface area contributed by atoms with Crippen molar-refractivity contribution < 1.29 is 18.4 Å². The molecule has 1 aliphatic heterocycles. The van der Waals surface area contributed by atoms with Crippen molar-refractivity contribution in [3.05, 3.63) is 55.1 Å². The van der Waals surface area contributed by atoms with E-state index in [1.54, 1.807) is 6.07 Å². The van der Waals surface area contributed by atoms with Crippen molar-refractivity contribution in [2.45, 2.75) is 6.42 Å². The number of nitrogens with zero attached hydrogens (tertiary/aromatic N) is 1. The third-order valence-electron chi connectivity index (χ3n) is 3.28. The largest absolute Gasteiger partial charge is 0.490 e. The molecule has 0 unspecified atom stereocenters. The Morgan fingerprint density at radius 1 is 1.32 bits per heavy atom. The average Bonchev–Trinajstić information content (AvgIpc) is 2.92. The van der Waals surface area contributed by atoms with Crippen LogP contribution in [-0.2, 0) is 6.42 Å². The molecule has 0 aliphatic carbocycles. The minimum atomic E-state index is -0.875. The van der Waals surface area contributed by atoms with Gasteiger partial charge in [-0.15, -0.1) is 0 Å². The minimum absolute atomic E-state index is 0.0148. The summed E-state index contributed by atoms with van der Waals surface area (Å²) >= 11 is 1.93. The summed E-state index contributed by atoms with van der Waals surface area (Å²) < 4.78 is 34.2. The number of nitrogens with one attached hydrogen (secondary N) is 1. The molecular formula is C14H9F2IN2O3. The van der Waals surface area contributed by atoms with Crippen LogP contribution in [0.25, 0.3) is 0 Å². The summed E-state index contributed by atoms with van der Waals surface area (Å²) in [5.41, 5.74) is -0.441. The summed E-state index contributed by atoms with van der Waals surface area (Å²) in [6.45, 7) is 0.269. The summed E-state index contributed by atoms with van der Waals surface area (Å²) in [5, 5.41) is 13.6. The van der Waals surface area contributed by atoms with Gasteiger partial charge in [0.05, 0.1) is 17.2 Å². The van der Waals surface area contributed by atoms with E-state index in [0.717, 1.165) is 0 Å². The van der Waals surface area contributed by atoms with Crippen molar-refractivity contribution in [3.8, 4) is 5.75 Å². The number of rotatable bonds is 3. The van der Waals surface area contributed by atoms with Crippen LogP contribution < -0.4 is 10.1 Å². The zero-order valence-corrected chi connectivity index (χ0v) is 13.2. The monoisotopic (exact) mass is 418 g/mol. The van der Waals surface area contributed by atoms with Gasteiger partial charge < -0.3 is 10.1 Å². The zero-order chi connectivity index (χ0) is 15.9. The van der Waals surface area contributed by atoms with Crippen molar-refractivity contribution in [1.29, 1.82) is 0 Å². The van der Waals surface area contributed by atoms with Crippen LogP contribution in [0.4, 0.5) is 25.8 Å². The molecule has 0 saturated carbocycles. The van der Waals surface area contributed by atoms with Crippen LogP contribution in [0.1, 0.15) is 5.56 Å². The molecular weight excluding hydrogens is 409 g/mol. The van der Waals surface area contributed by atoms with E-state index in [2.05, 4.69) is 5.32 Å². The Morgan fingerprint density at radius 2 is 2.09 bits per heavy atom. The molecule has 3 rings (SSSR count). The minimum Gasteiger partial charge on any atom is -0.490 e. The molecule has 2 aromatic rings. The van der Waals surface area contributed by atoms with E-state index in [-0.39, 0.29) is 18.0 Å². The molecule has 0 radical (unpaired) electrons. The van der Waals surface area contributed by atoms with E-state index in [9.17, 15) is 18.9 Å². The number of benzene rings is 2. The van der Waals surface area contributed by atoms with Gasteiger partial charge in [0.2, 0.25) is 0 Å². The standard InChI is InChI=1S/C14H9F2IN2O3/c15-9-6-8(17)1-2-10(9)18-13-11(19(20)21)5-7-3-4-22-14(7)12(13)16/h1-2,5-6,18H,3-4H2. The summed E-state index contributed by atoms with van der Waals surface area (Å²) in [5.74, 6) is -1.51. The fraction of sp³-hybridized carbons (Fsp3) is 0.143. The van der Waals surface area contributed by atoms with Crippen molar-refractivity contribution in [2.24, 2.45) is 0 Å². The molecule has 0 amide bonds. The Morgan fingerprint density at radius 3 is 2.77 bits per heavy atom. The lowest BCUT2D eigenvalue weighted by Gasteiger charge is -2.11. The van der Waals surface area contributed by atoms with Crippen LogP contribution in [0.2, 0.25) is 0 Å². The van der Waals surface area contributed by atoms with Gasteiger partial charge in [0, 0.05) is 21.6 Å². The summed E-state index contributed by atoms with van der Waals surface area (Å²) in [6, 6.07) is 5.52. The van der Waals surface area contributed by atoms with Gasteiger partial charge in [0.25, 0.3) is 5.69 Å². The molecule has 8 heteroatoms. The maximum atomic E-state index is 14.5. The van der Waals surface area contributed by atoms with E-state index in [1.807, 2.05) is 22.6 Å². The summed E-state index contributed by atoms with van der Waals surface area (Å²) in [6.07, 6.45) is 0.408. The topological polar surface area (TPSA) is 64.4 Å². The van der Waals surface area contributed by atoms with Crippen LogP contribution in [0.5, 0.6) is 5.75 Å². The molecule has 2 aromatic carbocycles. The van der Waals surface area contributed by atoms with Crippen molar-refractivity contribution >= 4 is 39.7 Å². The molecule has 0 fully saturated rings. The van der Waals surface area contributed by atoms with Crippen molar-refractivity contribution in [1.82, 2.24) is 0 Å². The molecule has 1 N–H and O–H groups in total. The average molecular weight is 418 g/mol. The van der Waals surface area contributed by atoms with Crippen molar-refractivity contribution in [2.75, 3.05) is 11.9 Å². The van der Waals surface area contributed by atoms with Gasteiger partial charge in [-0.1, -0.05) is 0 Å². The zero-order valence-electron chi connectivity index (χ0n) is 11.0. The van der Waals surface area contributed by atoms with Gasteiger partial charge in [-0.3, -0.25) is 10.1 Å². The molecule has 114 valence electrons. The van der Waals surface area contributed by atoms with Crippen LogP contribution in [0.3, 0.4) is 0 Å². The van der Waals surface area contributed by atoms with Gasteiger partial charge in [0.15, 0.2) is 17.3 Å². The third kappa shape index (κ3) is 2.58. The first-order valence-corrected chi connectivity index (χ1v) is 7.40. The molecule has 22 heavy (non-hydrogen) atoms. The number of ether oxygens (including phenoxy) is 1. The second-order valence-electron chi connectivity index (χ2n) is 4.68. The smallest absolute Gasteiger partial charge is 0.296 e. The highest BCUT2D eigenvalue weighted by Gasteiger charge is 2.29. The summed E-state index contributed by atoms with van der Waals surface area (Å²) in [7, 11) is 0. The molecule has 0 atom stereocenters. The number of hydrogen-bond acceptors (Lipinski definition) is 4. The fourth-order valence-electron chi connectivity index (χ4n) is 2.26.